The van der Waals surface area contributed by atoms with Crippen LogP contribution in [0.25, 0.3) is 21.7 Å². The minimum atomic E-state index is -0.844. The van der Waals surface area contributed by atoms with Crippen molar-refractivity contribution in [2.24, 2.45) is 0 Å². The van der Waals surface area contributed by atoms with Gasteiger partial charge in [0.1, 0.15) is 11.3 Å². The van der Waals surface area contributed by atoms with Crippen LogP contribution in [0.2, 0.25) is 0 Å². The van der Waals surface area contributed by atoms with Crippen LogP contribution >= 0.6 is 0 Å². The number of nitrogens with zero attached hydrogens (tertiary/aromatic N) is 2. The molecule has 0 unspecified atom stereocenters. The van der Waals surface area contributed by atoms with E-state index >= 15 is 0 Å². The van der Waals surface area contributed by atoms with Crippen LogP contribution in [0.5, 0.6) is 11.5 Å². The Kier molecular flexibility index (Phi) is 7.93. The third-order valence-corrected chi connectivity index (χ3v) is 4.96. The number of carbonyl (C=O) groups excluding carboxylic acids is 2. The molecular weight excluding hydrogens is 451 g/mol. The number of aromatic hydroxyl groups is 1. The Morgan fingerprint density at radius 3 is 2.42 bits per heavy atom. The molecule has 0 fully saturated rings. The first kappa shape index (κ1) is 24.9. The molecule has 4 rings (SSSR count). The fraction of sp³-hybridized carbons (Fsp3) is 0.125. The molecule has 0 radical (unpaired) electrons. The summed E-state index contributed by atoms with van der Waals surface area (Å²) in [4.78, 5) is 38.7. The fourth-order valence-electron chi connectivity index (χ4n) is 3.49. The zero-order valence-electron chi connectivity index (χ0n) is 18.4. The average molecular weight is 471 g/mol. The van der Waals surface area contributed by atoms with Gasteiger partial charge in [0.25, 0.3) is 0 Å². The van der Waals surface area contributed by atoms with Crippen molar-refractivity contribution in [3.05, 3.63) is 87.5 Å². The van der Waals surface area contributed by atoms with E-state index in [1.807, 2.05) is 0 Å². The Bertz CT molecular complexity index is 1420. The van der Waals surface area contributed by atoms with Crippen LogP contribution in [0.15, 0.2) is 65.5 Å². The molecule has 0 saturated heterocycles. The second-order valence-electron chi connectivity index (χ2n) is 6.86. The third-order valence-electron chi connectivity index (χ3n) is 4.96. The second-order valence-corrected chi connectivity index (χ2v) is 6.86. The molecule has 0 atom stereocenters. The summed E-state index contributed by atoms with van der Waals surface area (Å²) < 4.78 is 11.6. The number of hydrogen-bond donors (Lipinski definition) is 1. The van der Waals surface area contributed by atoms with E-state index in [4.69, 9.17) is 9.47 Å². The van der Waals surface area contributed by atoms with Crippen molar-refractivity contribution in [2.45, 2.75) is 6.92 Å². The summed E-state index contributed by atoms with van der Waals surface area (Å²) >= 11 is 0. The molecule has 4 aromatic rings. The molecule has 2 aromatic carbocycles. The van der Waals surface area contributed by atoms with Crippen LogP contribution in [-0.2, 0) is 4.74 Å². The van der Waals surface area contributed by atoms with Gasteiger partial charge in [0, 0.05) is 5.39 Å². The van der Waals surface area contributed by atoms with Crippen molar-refractivity contribution in [2.75, 3.05) is 13.7 Å². The molecule has 2 aromatic heterocycles. The fourth-order valence-corrected chi connectivity index (χ4v) is 3.49. The predicted molar refractivity (Wildman–Crippen MR) is 119 cm³/mol. The molecule has 8 nitrogen and oxygen atoms in total. The molecule has 0 aliphatic carbocycles. The van der Waals surface area contributed by atoms with Crippen molar-refractivity contribution in [3.63, 3.8) is 0 Å². The Balaban J connectivity index is 0.00000306. The first-order valence-electron chi connectivity index (χ1n) is 9.83. The number of methoxy groups -OCH3 is 1. The normalized spacial score (nSPS) is 10.5. The summed E-state index contributed by atoms with van der Waals surface area (Å²) in [6, 6.07) is 15.9. The van der Waals surface area contributed by atoms with Gasteiger partial charge in [-0.2, -0.15) is 0 Å². The van der Waals surface area contributed by atoms with Gasteiger partial charge in [-0.15, -0.1) is 0 Å². The van der Waals surface area contributed by atoms with Gasteiger partial charge < -0.3 is 24.7 Å². The minimum absolute atomic E-state index is 0. The molecule has 0 bridgehead atoms. The molecule has 0 aliphatic heterocycles. The largest absolute Gasteiger partial charge is 1.00 e. The van der Waals surface area contributed by atoms with Crippen LogP contribution < -0.4 is 61.7 Å². The van der Waals surface area contributed by atoms with Crippen molar-refractivity contribution >= 4 is 34.0 Å². The van der Waals surface area contributed by atoms with Gasteiger partial charge in [-0.25, -0.2) is 4.79 Å². The standard InChI is InChI=1S/C24H20N2O6.K/c1-3-32-24(30)16-12-17(25-22(28)14-8-5-4-6-9-14)23(29)26-18-10-7-11-20(31-2)15(18)13-19(26)21(16)27;/h4-13H,3H2,1-2H3,(H2,25,27,28,29,30);/q;+1/p-1. The van der Waals surface area contributed by atoms with Crippen LogP contribution in [-0.4, -0.2) is 35.1 Å². The molecule has 2 heterocycles. The number of benzene rings is 2. The zero-order chi connectivity index (χ0) is 22.8. The van der Waals surface area contributed by atoms with E-state index in [2.05, 4.69) is 5.32 Å². The molecule has 0 aliphatic rings. The number of rotatable bonds is 5. The van der Waals surface area contributed by atoms with Crippen LogP contribution in [0, 0.1) is 0 Å². The van der Waals surface area contributed by atoms with Gasteiger partial charge in [-0.05, 0) is 30.7 Å². The van der Waals surface area contributed by atoms with E-state index in [9.17, 15) is 19.5 Å². The van der Waals surface area contributed by atoms with Gasteiger partial charge in [-0.1, -0.05) is 48.2 Å². The molecule has 162 valence electrons. The van der Waals surface area contributed by atoms with Crippen LogP contribution in [0.4, 0.5) is 5.69 Å². The molecule has 1 N–H and O–H groups in total. The van der Waals surface area contributed by atoms with Gasteiger partial charge >= 0.3 is 57.4 Å². The van der Waals surface area contributed by atoms with E-state index in [-0.39, 0.29) is 80.3 Å². The van der Waals surface area contributed by atoms with E-state index in [1.54, 1.807) is 55.5 Å². The molecule has 1 amide bonds. The summed E-state index contributed by atoms with van der Waals surface area (Å²) in [5.41, 5.74) is -0.512. The Morgan fingerprint density at radius 1 is 1.03 bits per heavy atom. The summed E-state index contributed by atoms with van der Waals surface area (Å²) in [7, 11) is 1.48. The van der Waals surface area contributed by atoms with Crippen LogP contribution in [0.1, 0.15) is 27.6 Å². The Morgan fingerprint density at radius 2 is 1.76 bits per heavy atom. The molecule has 9 heteroatoms. The molecule has 0 saturated carbocycles. The van der Waals surface area contributed by atoms with Gasteiger partial charge in [0.2, 0.25) is 5.56 Å². The molecule has 0 spiro atoms. The average Bonchev–Trinajstić information content (AvgIpc) is 3.17. The van der Waals surface area contributed by atoms with Gasteiger partial charge in [0.05, 0.1) is 30.7 Å². The van der Waals surface area contributed by atoms with Crippen LogP contribution in [0.3, 0.4) is 0 Å². The number of fused-ring (bicyclic) bond motifs is 3. The number of hydrogen-bond acceptors (Lipinski definition) is 6. The molecule has 33 heavy (non-hydrogen) atoms. The summed E-state index contributed by atoms with van der Waals surface area (Å²) in [6.45, 7) is 1.68. The smallest absolute Gasteiger partial charge is 0.618 e. The van der Waals surface area contributed by atoms with Crippen molar-refractivity contribution in [1.29, 1.82) is 0 Å². The number of esters is 1. The monoisotopic (exact) mass is 470 g/mol. The summed E-state index contributed by atoms with van der Waals surface area (Å²) in [5, 5.41) is 15.5. The first-order chi connectivity index (χ1) is 15.5. The van der Waals surface area contributed by atoms with Gasteiger partial charge in [-0.3, -0.25) is 9.20 Å². The number of ether oxygens (including phenoxy) is 2. The van der Waals surface area contributed by atoms with E-state index in [0.717, 1.165) is 6.07 Å². The molecular formula is C24H19KN2O6. The maximum atomic E-state index is 13.5. The number of aromatic nitrogens is 1. The summed E-state index contributed by atoms with van der Waals surface area (Å²) in [6.07, 6.45) is 0. The van der Waals surface area contributed by atoms with Gasteiger partial charge in [0.15, 0.2) is 5.75 Å². The second kappa shape index (κ2) is 10.5. The topological polar surface area (TPSA) is 108 Å². The quantitative estimate of drug-likeness (QED) is 0.347. The zero-order valence-corrected chi connectivity index (χ0v) is 21.5. The SMILES string of the molecule is CCOC(=O)c1cc([N-]C(=O)c2ccccc2)c(=O)n2c(cc3c(OC)cccc32)c1O.[K+]. The maximum Gasteiger partial charge on any atom is 1.00 e. The van der Waals surface area contributed by atoms with E-state index in [0.29, 0.717) is 16.7 Å². The Hall–Kier alpha value is -2.69. The number of amides is 1. The maximum absolute atomic E-state index is 13.5. The first-order valence-corrected chi connectivity index (χ1v) is 9.83. The van der Waals surface area contributed by atoms with Crippen molar-refractivity contribution in [3.8, 4) is 11.5 Å². The predicted octanol–water partition coefficient (Wildman–Crippen LogP) is 1.19. The van der Waals surface area contributed by atoms with Crippen molar-refractivity contribution in [1.82, 2.24) is 4.40 Å². The summed E-state index contributed by atoms with van der Waals surface area (Å²) in [5.74, 6) is -1.50. The number of carbonyl (C=O) groups is 2. The van der Waals surface area contributed by atoms with Crippen molar-refractivity contribution < 1.29 is 75.6 Å². The Labute approximate surface area is 231 Å². The van der Waals surface area contributed by atoms with E-state index in [1.165, 1.54) is 17.6 Å². The third kappa shape index (κ3) is 4.68. The minimum Gasteiger partial charge on any atom is -0.618 e. The van der Waals surface area contributed by atoms with E-state index < -0.39 is 23.2 Å².